The molecule has 30 heavy (non-hydrogen) atoms. The molecule has 0 aliphatic carbocycles. The van der Waals surface area contributed by atoms with Gasteiger partial charge in [0.1, 0.15) is 11.6 Å². The molecule has 2 atom stereocenters. The van der Waals surface area contributed by atoms with Gasteiger partial charge in [0.05, 0.1) is 12.5 Å². The summed E-state index contributed by atoms with van der Waals surface area (Å²) in [5.41, 5.74) is 1.16. The van der Waals surface area contributed by atoms with Crippen molar-refractivity contribution in [3.05, 3.63) is 60.2 Å². The molecule has 1 saturated heterocycles. The molecule has 0 radical (unpaired) electrons. The number of hydrogen-bond acceptors (Lipinski definition) is 5. The molecule has 1 fully saturated rings. The first-order chi connectivity index (χ1) is 14.6. The number of hydrogen-bond donors (Lipinski definition) is 1. The van der Waals surface area contributed by atoms with Crippen LogP contribution in [0.15, 0.2) is 48.8 Å². The summed E-state index contributed by atoms with van der Waals surface area (Å²) >= 11 is 0. The molecule has 0 saturated carbocycles. The van der Waals surface area contributed by atoms with E-state index in [-0.39, 0.29) is 23.6 Å². The molecule has 0 unspecified atom stereocenters. The van der Waals surface area contributed by atoms with Crippen LogP contribution >= 0.6 is 0 Å². The first kappa shape index (κ1) is 22.2. The monoisotopic (exact) mass is 415 g/mol. The number of carbonyl (C=O) groups excluding carboxylic acids is 1. The summed E-state index contributed by atoms with van der Waals surface area (Å²) < 4.78 is 24.3. The third kappa shape index (κ3) is 7.07. The van der Waals surface area contributed by atoms with Gasteiger partial charge in [0.25, 0.3) is 0 Å². The van der Waals surface area contributed by atoms with Crippen molar-refractivity contribution in [2.45, 2.75) is 19.4 Å². The van der Waals surface area contributed by atoms with Gasteiger partial charge in [-0.05, 0) is 42.7 Å². The van der Waals surface area contributed by atoms with Crippen molar-refractivity contribution in [3.8, 4) is 5.75 Å². The second kappa shape index (κ2) is 11.6. The Morgan fingerprint density at radius 1 is 1.27 bits per heavy atom. The van der Waals surface area contributed by atoms with Crippen molar-refractivity contribution >= 4 is 5.91 Å². The van der Waals surface area contributed by atoms with E-state index < -0.39 is 0 Å². The molecule has 7 heteroatoms. The minimum Gasteiger partial charge on any atom is -0.493 e. The normalized spacial score (nSPS) is 19.4. The molecule has 0 bridgehead atoms. The minimum absolute atomic E-state index is 0.0706. The van der Waals surface area contributed by atoms with Gasteiger partial charge < -0.3 is 14.8 Å². The molecule has 1 aliphatic rings. The molecule has 0 spiro atoms. The van der Waals surface area contributed by atoms with E-state index in [1.165, 1.54) is 12.1 Å². The molecular formula is C23H30FN3O3. The highest BCUT2D eigenvalue weighted by atomic mass is 19.1. The Bertz CT molecular complexity index is 790. The summed E-state index contributed by atoms with van der Waals surface area (Å²) in [6, 6.07) is 10.2. The number of halogens is 1. The number of amides is 1. The molecule has 3 rings (SSSR count). The molecule has 6 nitrogen and oxygen atoms in total. The van der Waals surface area contributed by atoms with Gasteiger partial charge in [-0.3, -0.25) is 14.7 Å². The summed E-state index contributed by atoms with van der Waals surface area (Å²) in [5, 5.41) is 3.03. The average molecular weight is 416 g/mol. The maximum atomic E-state index is 13.4. The molecule has 1 amide bonds. The first-order valence-electron chi connectivity index (χ1n) is 10.4. The maximum absolute atomic E-state index is 13.4. The smallest absolute Gasteiger partial charge is 0.224 e. The number of carbonyl (C=O) groups is 1. The molecule has 2 aromatic rings. The lowest BCUT2D eigenvalue weighted by molar-refractivity contribution is -0.127. The number of likely N-dealkylation sites (tertiary alicyclic amines) is 1. The van der Waals surface area contributed by atoms with Crippen LogP contribution in [0.5, 0.6) is 5.75 Å². The fourth-order valence-electron chi connectivity index (χ4n) is 3.83. The summed E-state index contributed by atoms with van der Waals surface area (Å²) in [6.45, 7) is 3.97. The highest BCUT2D eigenvalue weighted by molar-refractivity contribution is 5.79. The van der Waals surface area contributed by atoms with Crippen LogP contribution in [0.25, 0.3) is 0 Å². The molecule has 1 N–H and O–H groups in total. The number of piperidine rings is 1. The molecule has 1 aliphatic heterocycles. The summed E-state index contributed by atoms with van der Waals surface area (Å²) in [5.74, 6) is 0.342. The summed E-state index contributed by atoms with van der Waals surface area (Å²) in [4.78, 5) is 19.1. The molecule has 1 aromatic carbocycles. The van der Waals surface area contributed by atoms with E-state index in [1.807, 2.05) is 12.1 Å². The van der Waals surface area contributed by atoms with Crippen LogP contribution in [0.1, 0.15) is 18.4 Å². The van der Waals surface area contributed by atoms with E-state index in [1.54, 1.807) is 31.6 Å². The van der Waals surface area contributed by atoms with Crippen LogP contribution in [0.4, 0.5) is 4.39 Å². The predicted octanol–water partition coefficient (Wildman–Crippen LogP) is 2.89. The van der Waals surface area contributed by atoms with Crippen molar-refractivity contribution in [2.75, 3.05) is 40.0 Å². The van der Waals surface area contributed by atoms with Gasteiger partial charge in [0, 0.05) is 64.3 Å². The zero-order chi connectivity index (χ0) is 21.2. The third-order valence-corrected chi connectivity index (χ3v) is 5.25. The number of pyridine rings is 1. The van der Waals surface area contributed by atoms with Crippen molar-refractivity contribution in [3.63, 3.8) is 0 Å². The Morgan fingerprint density at radius 3 is 2.87 bits per heavy atom. The number of benzene rings is 1. The lowest BCUT2D eigenvalue weighted by Gasteiger charge is -2.37. The fourth-order valence-corrected chi connectivity index (χ4v) is 3.83. The Kier molecular flexibility index (Phi) is 8.59. The van der Waals surface area contributed by atoms with Crippen LogP contribution in [-0.4, -0.2) is 55.7 Å². The first-order valence-corrected chi connectivity index (χ1v) is 10.4. The van der Waals surface area contributed by atoms with Gasteiger partial charge >= 0.3 is 0 Å². The summed E-state index contributed by atoms with van der Waals surface area (Å²) in [6.07, 6.45) is 5.10. The van der Waals surface area contributed by atoms with E-state index in [2.05, 4.69) is 15.2 Å². The van der Waals surface area contributed by atoms with Gasteiger partial charge in [-0.2, -0.15) is 0 Å². The second-order valence-electron chi connectivity index (χ2n) is 7.75. The van der Waals surface area contributed by atoms with Crippen LogP contribution in [0, 0.1) is 17.7 Å². The Labute approximate surface area is 177 Å². The lowest BCUT2D eigenvalue weighted by Crippen LogP contribution is -2.47. The van der Waals surface area contributed by atoms with E-state index in [0.29, 0.717) is 32.1 Å². The number of nitrogens with one attached hydrogen (secondary N) is 1. The van der Waals surface area contributed by atoms with E-state index in [0.717, 1.165) is 31.5 Å². The molecule has 2 heterocycles. The maximum Gasteiger partial charge on any atom is 0.224 e. The average Bonchev–Trinajstić information content (AvgIpc) is 2.76. The number of aromatic nitrogens is 1. The Hall–Kier alpha value is -2.51. The van der Waals surface area contributed by atoms with E-state index >= 15 is 0 Å². The van der Waals surface area contributed by atoms with Gasteiger partial charge in [0.2, 0.25) is 5.91 Å². The van der Waals surface area contributed by atoms with Crippen molar-refractivity contribution in [1.29, 1.82) is 0 Å². The predicted molar refractivity (Wildman–Crippen MR) is 113 cm³/mol. The fraction of sp³-hybridized carbons (Fsp3) is 0.478. The molecular weight excluding hydrogens is 385 g/mol. The third-order valence-electron chi connectivity index (χ3n) is 5.25. The SMILES string of the molecule is COCCCNC(=O)[C@@H]1C[C@H](COc2cccc(F)c2)CN(Cc2ccncc2)C1. The van der Waals surface area contributed by atoms with Gasteiger partial charge in [-0.15, -0.1) is 0 Å². The number of rotatable bonds is 10. The van der Waals surface area contributed by atoms with Crippen LogP contribution in [-0.2, 0) is 16.1 Å². The standard InChI is InChI=1S/C23H30FN3O3/c1-29-11-3-8-26-23(28)20-12-19(17-30-22-5-2-4-21(24)13-22)15-27(16-20)14-18-6-9-25-10-7-18/h2,4-7,9-10,13,19-20H,3,8,11-12,14-17H2,1H3,(H,26,28)/t19-,20+/m0/s1. The van der Waals surface area contributed by atoms with Crippen LogP contribution in [0.2, 0.25) is 0 Å². The minimum atomic E-state index is -0.316. The van der Waals surface area contributed by atoms with Crippen molar-refractivity contribution < 1.29 is 18.7 Å². The second-order valence-corrected chi connectivity index (χ2v) is 7.75. The Morgan fingerprint density at radius 2 is 2.10 bits per heavy atom. The van der Waals surface area contributed by atoms with Crippen LogP contribution < -0.4 is 10.1 Å². The lowest BCUT2D eigenvalue weighted by atomic mass is 9.88. The zero-order valence-corrected chi connectivity index (χ0v) is 17.4. The van der Waals surface area contributed by atoms with Crippen molar-refractivity contribution in [2.24, 2.45) is 11.8 Å². The quantitative estimate of drug-likeness (QED) is 0.605. The van der Waals surface area contributed by atoms with Gasteiger partial charge in [0.15, 0.2) is 0 Å². The number of nitrogens with zero attached hydrogens (tertiary/aromatic N) is 2. The molecule has 162 valence electrons. The highest BCUT2D eigenvalue weighted by Crippen LogP contribution is 2.25. The molecule has 1 aromatic heterocycles. The largest absolute Gasteiger partial charge is 0.493 e. The Balaban J connectivity index is 1.61. The van der Waals surface area contributed by atoms with E-state index in [9.17, 15) is 9.18 Å². The van der Waals surface area contributed by atoms with E-state index in [4.69, 9.17) is 9.47 Å². The summed E-state index contributed by atoms with van der Waals surface area (Å²) in [7, 11) is 1.66. The van der Waals surface area contributed by atoms with Gasteiger partial charge in [-0.25, -0.2) is 4.39 Å². The van der Waals surface area contributed by atoms with Crippen molar-refractivity contribution in [1.82, 2.24) is 15.2 Å². The number of methoxy groups -OCH3 is 1. The number of ether oxygens (including phenoxy) is 2. The zero-order valence-electron chi connectivity index (χ0n) is 17.4. The highest BCUT2D eigenvalue weighted by Gasteiger charge is 2.32. The topological polar surface area (TPSA) is 63.7 Å². The van der Waals surface area contributed by atoms with Gasteiger partial charge in [-0.1, -0.05) is 6.07 Å². The van der Waals surface area contributed by atoms with Crippen LogP contribution in [0.3, 0.4) is 0 Å².